The van der Waals surface area contributed by atoms with Crippen LogP contribution in [0.15, 0.2) is 18.2 Å². The van der Waals surface area contributed by atoms with Crippen molar-refractivity contribution in [2.75, 3.05) is 13.7 Å². The summed E-state index contributed by atoms with van der Waals surface area (Å²) in [6, 6.07) is 2.64. The number of nitrogens with zero attached hydrogens (tertiary/aromatic N) is 1. The van der Waals surface area contributed by atoms with E-state index < -0.39 is 41.7 Å². The maximum atomic E-state index is 12.9. The molecule has 2 heterocycles. The third kappa shape index (κ3) is 3.46. The first-order chi connectivity index (χ1) is 13.3. The molecule has 28 heavy (non-hydrogen) atoms. The number of amides is 4. The lowest BCUT2D eigenvalue weighted by atomic mass is 10.0. The Hall–Kier alpha value is -3.27. The average molecular weight is 389 g/mol. The lowest BCUT2D eigenvalue weighted by molar-refractivity contribution is -0.140. The average Bonchev–Trinajstić information content (AvgIpc) is 2.90. The number of hydrogen-bond acceptors (Lipinski definition) is 7. The van der Waals surface area contributed by atoms with Gasteiger partial charge in [0.2, 0.25) is 11.8 Å². The molecule has 2 aliphatic rings. The van der Waals surface area contributed by atoms with Crippen LogP contribution in [-0.2, 0) is 14.4 Å². The Morgan fingerprint density at radius 2 is 2.07 bits per heavy atom. The number of carboxylic acids is 1. The number of hydrogen-bond donors (Lipinski definition) is 3. The third-order valence-corrected chi connectivity index (χ3v) is 4.74. The van der Waals surface area contributed by atoms with E-state index in [2.05, 4.69) is 10.6 Å². The molecular weight excluding hydrogens is 370 g/mol. The first-order valence-electron chi connectivity index (χ1n) is 8.72. The predicted molar refractivity (Wildman–Crippen MR) is 93.7 cm³/mol. The Morgan fingerprint density at radius 3 is 2.71 bits per heavy atom. The number of imide groups is 2. The maximum absolute atomic E-state index is 12.9. The standard InChI is InChI=1S/C18H19N3O7/c1-19-10(18(26)27)7-8-28-12-4-2-3-9-14(12)17(25)21(16(9)24)11-5-6-13(22)20-15(11)23/h2-4,10-11,19H,5-8H2,1H3,(H,26,27)(H,20,22,23)/t10-,11?/m0/s1. The summed E-state index contributed by atoms with van der Waals surface area (Å²) in [5, 5.41) is 13.8. The summed E-state index contributed by atoms with van der Waals surface area (Å²) < 4.78 is 5.57. The molecule has 3 rings (SSSR count). The summed E-state index contributed by atoms with van der Waals surface area (Å²) in [6.45, 7) is 0.00808. The fraction of sp³-hybridized carbons (Fsp3) is 0.389. The van der Waals surface area contributed by atoms with E-state index in [1.54, 1.807) is 6.07 Å². The molecule has 0 saturated carbocycles. The molecule has 0 spiro atoms. The fourth-order valence-corrected chi connectivity index (χ4v) is 3.28. The van der Waals surface area contributed by atoms with Crippen LogP contribution in [0.4, 0.5) is 0 Å². The normalized spacial score (nSPS) is 20.0. The van der Waals surface area contributed by atoms with Crippen LogP contribution in [-0.4, -0.2) is 65.3 Å². The zero-order valence-electron chi connectivity index (χ0n) is 15.1. The van der Waals surface area contributed by atoms with Crippen molar-refractivity contribution in [3.05, 3.63) is 29.3 Å². The molecule has 1 fully saturated rings. The van der Waals surface area contributed by atoms with Crippen LogP contribution in [0.2, 0.25) is 0 Å². The van der Waals surface area contributed by atoms with Gasteiger partial charge in [0.15, 0.2) is 0 Å². The van der Waals surface area contributed by atoms with E-state index in [1.165, 1.54) is 19.2 Å². The highest BCUT2D eigenvalue weighted by atomic mass is 16.5. The van der Waals surface area contributed by atoms with Crippen molar-refractivity contribution in [1.82, 2.24) is 15.5 Å². The van der Waals surface area contributed by atoms with Gasteiger partial charge < -0.3 is 15.2 Å². The van der Waals surface area contributed by atoms with Gasteiger partial charge in [-0.2, -0.15) is 0 Å². The summed E-state index contributed by atoms with van der Waals surface area (Å²) >= 11 is 0. The van der Waals surface area contributed by atoms with Gasteiger partial charge >= 0.3 is 5.97 Å². The molecule has 2 atom stereocenters. The monoisotopic (exact) mass is 389 g/mol. The second kappa shape index (κ2) is 7.77. The molecule has 1 saturated heterocycles. The number of carbonyl (C=O) groups is 5. The van der Waals surface area contributed by atoms with Crippen LogP contribution >= 0.6 is 0 Å². The Bertz CT molecular complexity index is 867. The summed E-state index contributed by atoms with van der Waals surface area (Å²) in [7, 11) is 1.51. The minimum Gasteiger partial charge on any atom is -0.493 e. The second-order valence-electron chi connectivity index (χ2n) is 6.44. The highest BCUT2D eigenvalue weighted by molar-refractivity contribution is 6.24. The zero-order chi connectivity index (χ0) is 20.4. The third-order valence-electron chi connectivity index (χ3n) is 4.74. The fourth-order valence-electron chi connectivity index (χ4n) is 3.28. The van der Waals surface area contributed by atoms with Crippen molar-refractivity contribution < 1.29 is 33.8 Å². The molecule has 10 nitrogen and oxygen atoms in total. The largest absolute Gasteiger partial charge is 0.493 e. The number of fused-ring (bicyclic) bond motifs is 1. The van der Waals surface area contributed by atoms with Gasteiger partial charge in [-0.3, -0.25) is 34.2 Å². The molecule has 148 valence electrons. The van der Waals surface area contributed by atoms with E-state index in [0.29, 0.717) is 0 Å². The van der Waals surface area contributed by atoms with Gasteiger partial charge in [-0.05, 0) is 25.6 Å². The quantitative estimate of drug-likeness (QED) is 0.531. The van der Waals surface area contributed by atoms with E-state index in [9.17, 15) is 24.0 Å². The molecule has 4 amide bonds. The number of carbonyl (C=O) groups excluding carboxylic acids is 4. The first kappa shape index (κ1) is 19.5. The van der Waals surface area contributed by atoms with E-state index >= 15 is 0 Å². The van der Waals surface area contributed by atoms with Gasteiger partial charge in [0, 0.05) is 12.8 Å². The Morgan fingerprint density at radius 1 is 1.32 bits per heavy atom. The van der Waals surface area contributed by atoms with Crippen molar-refractivity contribution in [2.24, 2.45) is 0 Å². The second-order valence-corrected chi connectivity index (χ2v) is 6.44. The Balaban J connectivity index is 1.79. The number of piperidine rings is 1. The Labute approximate surface area is 159 Å². The molecular formula is C18H19N3O7. The number of rotatable bonds is 7. The van der Waals surface area contributed by atoms with Crippen LogP contribution < -0.4 is 15.4 Å². The van der Waals surface area contributed by atoms with E-state index in [-0.39, 0.29) is 42.7 Å². The molecule has 0 bridgehead atoms. The van der Waals surface area contributed by atoms with E-state index in [4.69, 9.17) is 9.84 Å². The van der Waals surface area contributed by atoms with Gasteiger partial charge in [0.1, 0.15) is 17.8 Å². The highest BCUT2D eigenvalue weighted by Gasteiger charge is 2.45. The zero-order valence-corrected chi connectivity index (χ0v) is 15.1. The van der Waals surface area contributed by atoms with Crippen LogP contribution in [0.5, 0.6) is 5.75 Å². The number of nitrogens with one attached hydrogen (secondary N) is 2. The first-order valence-corrected chi connectivity index (χ1v) is 8.72. The van der Waals surface area contributed by atoms with E-state index in [0.717, 1.165) is 4.90 Å². The van der Waals surface area contributed by atoms with Crippen molar-refractivity contribution in [3.63, 3.8) is 0 Å². The predicted octanol–water partition coefficient (Wildman–Crippen LogP) is -0.471. The minimum atomic E-state index is -1.06. The molecule has 2 aliphatic heterocycles. The smallest absolute Gasteiger partial charge is 0.320 e. The summed E-state index contributed by atoms with van der Waals surface area (Å²) in [6.07, 6.45) is 0.247. The van der Waals surface area contributed by atoms with Crippen LogP contribution in [0.25, 0.3) is 0 Å². The van der Waals surface area contributed by atoms with Crippen LogP contribution in [0.3, 0.4) is 0 Å². The number of ether oxygens (including phenoxy) is 1. The summed E-state index contributed by atoms with van der Waals surface area (Å²) in [5.41, 5.74) is 0.143. The molecule has 0 radical (unpaired) electrons. The Kier molecular flexibility index (Phi) is 5.41. The van der Waals surface area contributed by atoms with Gasteiger partial charge in [-0.15, -0.1) is 0 Å². The minimum absolute atomic E-state index is 0.00808. The molecule has 0 aromatic heterocycles. The van der Waals surface area contributed by atoms with Crippen molar-refractivity contribution in [3.8, 4) is 5.75 Å². The lowest BCUT2D eigenvalue weighted by Gasteiger charge is -2.27. The highest BCUT2D eigenvalue weighted by Crippen LogP contribution is 2.33. The number of likely N-dealkylation sites (N-methyl/N-ethyl adjacent to an activating group) is 1. The topological polar surface area (TPSA) is 142 Å². The SMILES string of the molecule is CN[C@@H](CCOc1cccc2c1C(=O)N(C1CCC(=O)NC1=O)C2=O)C(=O)O. The van der Waals surface area contributed by atoms with Crippen molar-refractivity contribution in [1.29, 1.82) is 0 Å². The van der Waals surface area contributed by atoms with Gasteiger partial charge in [0.05, 0.1) is 17.7 Å². The van der Waals surface area contributed by atoms with E-state index in [1.807, 2.05) is 0 Å². The molecule has 1 aromatic rings. The molecule has 1 unspecified atom stereocenters. The molecule has 10 heteroatoms. The molecule has 0 aliphatic carbocycles. The number of aliphatic carboxylic acids is 1. The summed E-state index contributed by atoms with van der Waals surface area (Å²) in [5.74, 6) is -3.32. The van der Waals surface area contributed by atoms with Gasteiger partial charge in [-0.1, -0.05) is 6.07 Å². The molecule has 1 aromatic carbocycles. The molecule has 3 N–H and O–H groups in total. The van der Waals surface area contributed by atoms with Crippen LogP contribution in [0, 0.1) is 0 Å². The van der Waals surface area contributed by atoms with Crippen LogP contribution in [0.1, 0.15) is 40.0 Å². The van der Waals surface area contributed by atoms with Crippen molar-refractivity contribution >= 4 is 29.6 Å². The summed E-state index contributed by atoms with van der Waals surface area (Å²) in [4.78, 5) is 60.9. The van der Waals surface area contributed by atoms with Crippen molar-refractivity contribution in [2.45, 2.75) is 31.3 Å². The van der Waals surface area contributed by atoms with Gasteiger partial charge in [-0.25, -0.2) is 0 Å². The maximum Gasteiger partial charge on any atom is 0.320 e. The number of carboxylic acid groups (broad SMARTS) is 1. The van der Waals surface area contributed by atoms with Gasteiger partial charge in [0.25, 0.3) is 11.8 Å². The lowest BCUT2D eigenvalue weighted by Crippen LogP contribution is -2.54. The number of benzene rings is 1.